The number of hydrogen-bond donors (Lipinski definition) is 2. The number of hydrogen-bond acceptors (Lipinski definition) is 4. The number of piperidine rings is 1. The summed E-state index contributed by atoms with van der Waals surface area (Å²) in [4.78, 5) is 25.9. The molecule has 1 aliphatic rings. The Morgan fingerprint density at radius 3 is 2.89 bits per heavy atom. The smallest absolute Gasteiger partial charge is 0.244 e. The molecule has 0 aromatic carbocycles. The SMILES string of the molecule is NC(=O)C1CCCN(C(=O)C(N)c2cccs2)C1. The van der Waals surface area contributed by atoms with E-state index in [-0.39, 0.29) is 17.7 Å². The Labute approximate surface area is 110 Å². The predicted octanol–water partition coefficient (Wildman–Crippen LogP) is 0.472. The van der Waals surface area contributed by atoms with Crippen molar-refractivity contribution in [3.8, 4) is 0 Å². The lowest BCUT2D eigenvalue weighted by molar-refractivity contribution is -0.136. The molecule has 0 saturated carbocycles. The van der Waals surface area contributed by atoms with Crippen molar-refractivity contribution in [3.05, 3.63) is 22.4 Å². The molecule has 0 aliphatic carbocycles. The molecule has 2 heterocycles. The summed E-state index contributed by atoms with van der Waals surface area (Å²) in [5.41, 5.74) is 11.2. The first-order valence-electron chi connectivity index (χ1n) is 5.96. The predicted molar refractivity (Wildman–Crippen MR) is 69.7 cm³/mol. The number of rotatable bonds is 3. The molecule has 2 atom stereocenters. The number of likely N-dealkylation sites (tertiary alicyclic amines) is 1. The average molecular weight is 267 g/mol. The van der Waals surface area contributed by atoms with Crippen molar-refractivity contribution in [3.63, 3.8) is 0 Å². The van der Waals surface area contributed by atoms with Crippen LogP contribution < -0.4 is 11.5 Å². The van der Waals surface area contributed by atoms with Crippen LogP contribution in [0.15, 0.2) is 17.5 Å². The van der Waals surface area contributed by atoms with E-state index in [9.17, 15) is 9.59 Å². The van der Waals surface area contributed by atoms with Gasteiger partial charge in [-0.3, -0.25) is 9.59 Å². The minimum atomic E-state index is -0.628. The molecule has 1 aromatic heterocycles. The van der Waals surface area contributed by atoms with E-state index < -0.39 is 6.04 Å². The van der Waals surface area contributed by atoms with Crippen molar-refractivity contribution < 1.29 is 9.59 Å². The maximum Gasteiger partial charge on any atom is 0.244 e. The van der Waals surface area contributed by atoms with E-state index in [1.807, 2.05) is 17.5 Å². The molecule has 0 spiro atoms. The Bertz CT molecular complexity index is 433. The van der Waals surface area contributed by atoms with Gasteiger partial charge < -0.3 is 16.4 Å². The van der Waals surface area contributed by atoms with Crippen LogP contribution in [-0.2, 0) is 9.59 Å². The van der Waals surface area contributed by atoms with E-state index in [4.69, 9.17) is 11.5 Å². The highest BCUT2D eigenvalue weighted by Gasteiger charge is 2.30. The maximum absolute atomic E-state index is 12.2. The highest BCUT2D eigenvalue weighted by atomic mass is 32.1. The molecule has 2 unspecified atom stereocenters. The van der Waals surface area contributed by atoms with Gasteiger partial charge in [-0.2, -0.15) is 0 Å². The molecule has 6 heteroatoms. The number of amides is 2. The van der Waals surface area contributed by atoms with Gasteiger partial charge in [0.15, 0.2) is 0 Å². The van der Waals surface area contributed by atoms with Gasteiger partial charge in [0.1, 0.15) is 6.04 Å². The lowest BCUT2D eigenvalue weighted by Crippen LogP contribution is -2.47. The van der Waals surface area contributed by atoms with Gasteiger partial charge in [0.05, 0.1) is 5.92 Å². The van der Waals surface area contributed by atoms with Gasteiger partial charge >= 0.3 is 0 Å². The summed E-state index contributed by atoms with van der Waals surface area (Å²) in [6, 6.07) is 3.09. The first-order chi connectivity index (χ1) is 8.59. The molecule has 1 saturated heterocycles. The normalized spacial score (nSPS) is 21.6. The number of nitrogens with two attached hydrogens (primary N) is 2. The average Bonchev–Trinajstić information content (AvgIpc) is 2.91. The number of primary amides is 1. The molecule has 98 valence electrons. The second-order valence-electron chi connectivity index (χ2n) is 4.52. The van der Waals surface area contributed by atoms with Crippen LogP contribution in [0.4, 0.5) is 0 Å². The molecule has 5 nitrogen and oxygen atoms in total. The summed E-state index contributed by atoms with van der Waals surface area (Å²) in [5.74, 6) is -0.696. The summed E-state index contributed by atoms with van der Waals surface area (Å²) < 4.78 is 0. The first-order valence-corrected chi connectivity index (χ1v) is 6.84. The summed E-state index contributed by atoms with van der Waals surface area (Å²) in [5, 5.41) is 1.89. The van der Waals surface area contributed by atoms with E-state index >= 15 is 0 Å². The lowest BCUT2D eigenvalue weighted by Gasteiger charge is -2.32. The second-order valence-corrected chi connectivity index (χ2v) is 5.50. The molecule has 2 amide bonds. The fourth-order valence-electron chi connectivity index (χ4n) is 2.20. The van der Waals surface area contributed by atoms with Crippen LogP contribution in [0.2, 0.25) is 0 Å². The van der Waals surface area contributed by atoms with Gasteiger partial charge in [0, 0.05) is 18.0 Å². The number of carbonyl (C=O) groups excluding carboxylic acids is 2. The third-order valence-corrected chi connectivity index (χ3v) is 4.21. The van der Waals surface area contributed by atoms with Gasteiger partial charge in [-0.05, 0) is 24.3 Å². The highest BCUT2D eigenvalue weighted by Crippen LogP contribution is 2.22. The molecule has 0 radical (unpaired) electrons. The zero-order valence-corrected chi connectivity index (χ0v) is 10.9. The minimum absolute atomic E-state index is 0.122. The van der Waals surface area contributed by atoms with E-state index in [0.717, 1.165) is 17.7 Å². The first kappa shape index (κ1) is 13.0. The van der Waals surface area contributed by atoms with Crippen molar-refractivity contribution in [1.29, 1.82) is 0 Å². The lowest BCUT2D eigenvalue weighted by atomic mass is 9.97. The third-order valence-electron chi connectivity index (χ3n) is 3.25. The Hall–Kier alpha value is -1.40. The van der Waals surface area contributed by atoms with Crippen molar-refractivity contribution in [2.75, 3.05) is 13.1 Å². The highest BCUT2D eigenvalue weighted by molar-refractivity contribution is 7.10. The Morgan fingerprint density at radius 1 is 1.50 bits per heavy atom. The van der Waals surface area contributed by atoms with E-state index in [1.54, 1.807) is 4.90 Å². The Morgan fingerprint density at radius 2 is 2.28 bits per heavy atom. The number of thiophene rings is 1. The molecule has 2 rings (SSSR count). The fourth-order valence-corrected chi connectivity index (χ4v) is 2.92. The van der Waals surface area contributed by atoms with Crippen LogP contribution >= 0.6 is 11.3 Å². The molecule has 1 aliphatic heterocycles. The number of nitrogens with zero attached hydrogens (tertiary/aromatic N) is 1. The molecule has 18 heavy (non-hydrogen) atoms. The molecule has 1 fully saturated rings. The summed E-state index contributed by atoms with van der Waals surface area (Å²) in [6.07, 6.45) is 1.56. The van der Waals surface area contributed by atoms with Crippen LogP contribution in [0.1, 0.15) is 23.8 Å². The monoisotopic (exact) mass is 267 g/mol. The second kappa shape index (κ2) is 5.49. The van der Waals surface area contributed by atoms with Crippen LogP contribution in [0.25, 0.3) is 0 Å². The van der Waals surface area contributed by atoms with E-state index in [0.29, 0.717) is 13.1 Å². The van der Waals surface area contributed by atoms with Crippen LogP contribution in [0.3, 0.4) is 0 Å². The molecule has 0 bridgehead atoms. The zero-order valence-electron chi connectivity index (χ0n) is 10.0. The standard InChI is InChI=1S/C12H17N3O2S/c13-10(9-4-2-6-18-9)12(17)15-5-1-3-8(7-15)11(14)16/h2,4,6,8,10H,1,3,5,7,13H2,(H2,14,16). The van der Waals surface area contributed by atoms with Crippen molar-refractivity contribution in [2.24, 2.45) is 17.4 Å². The van der Waals surface area contributed by atoms with Gasteiger partial charge in [0.2, 0.25) is 11.8 Å². The van der Waals surface area contributed by atoms with E-state index in [2.05, 4.69) is 0 Å². The van der Waals surface area contributed by atoms with Gasteiger partial charge in [-0.15, -0.1) is 11.3 Å². The maximum atomic E-state index is 12.2. The Balaban J connectivity index is 2.02. The summed E-state index contributed by atoms with van der Waals surface area (Å²) in [7, 11) is 0. The fraction of sp³-hybridized carbons (Fsp3) is 0.500. The zero-order chi connectivity index (χ0) is 13.1. The van der Waals surface area contributed by atoms with Crippen LogP contribution in [-0.4, -0.2) is 29.8 Å². The quantitative estimate of drug-likeness (QED) is 0.834. The van der Waals surface area contributed by atoms with Crippen molar-refractivity contribution >= 4 is 23.2 Å². The largest absolute Gasteiger partial charge is 0.369 e. The molecule has 1 aromatic rings. The van der Waals surface area contributed by atoms with Gasteiger partial charge in [-0.1, -0.05) is 6.07 Å². The van der Waals surface area contributed by atoms with Gasteiger partial charge in [-0.25, -0.2) is 0 Å². The van der Waals surface area contributed by atoms with E-state index in [1.165, 1.54) is 11.3 Å². The third kappa shape index (κ3) is 2.70. The summed E-state index contributed by atoms with van der Waals surface area (Å²) in [6.45, 7) is 1.05. The summed E-state index contributed by atoms with van der Waals surface area (Å²) >= 11 is 1.47. The van der Waals surface area contributed by atoms with Crippen LogP contribution in [0.5, 0.6) is 0 Å². The number of carbonyl (C=O) groups is 2. The topological polar surface area (TPSA) is 89.4 Å². The molecular weight excluding hydrogens is 250 g/mol. The minimum Gasteiger partial charge on any atom is -0.369 e. The Kier molecular flexibility index (Phi) is 3.98. The molecular formula is C12H17N3O2S. The van der Waals surface area contributed by atoms with Gasteiger partial charge in [0.25, 0.3) is 0 Å². The van der Waals surface area contributed by atoms with Crippen molar-refractivity contribution in [1.82, 2.24) is 4.90 Å². The van der Waals surface area contributed by atoms with Crippen LogP contribution in [0, 0.1) is 5.92 Å². The molecule has 4 N–H and O–H groups in total. The van der Waals surface area contributed by atoms with Crippen molar-refractivity contribution in [2.45, 2.75) is 18.9 Å².